The van der Waals surface area contributed by atoms with E-state index in [-0.39, 0.29) is 60.1 Å². The van der Waals surface area contributed by atoms with Crippen molar-refractivity contribution in [3.63, 3.8) is 0 Å². The van der Waals surface area contributed by atoms with E-state index < -0.39 is 28.7 Å². The highest BCUT2D eigenvalue weighted by atomic mass is 79.9. The molecule has 3 saturated heterocycles. The van der Waals surface area contributed by atoms with E-state index in [0.717, 1.165) is 5.52 Å². The van der Waals surface area contributed by atoms with Crippen LogP contribution in [-0.2, 0) is 21.1 Å². The number of hydrogen-bond acceptors (Lipinski definition) is 8. The summed E-state index contributed by atoms with van der Waals surface area (Å²) in [6.45, 7) is 14.5. The number of aliphatic hydroxyl groups is 1. The SMILES string of the molecule is C=CCN(Cn1nnc2ccccc21)C(=O)C1N([C@@H](CO)[C@@H](C)CC)C(=O)[C@@H]2[C@H](C(=O)N(CC=C)c3ccc(OCC)cc3)[C@H]3SC12CC3Br. The topological polar surface area (TPSA) is 121 Å². The van der Waals surface area contributed by atoms with Crippen LogP contribution >= 0.6 is 27.7 Å². The van der Waals surface area contributed by atoms with Gasteiger partial charge in [0.2, 0.25) is 17.7 Å². The molecule has 0 saturated carbocycles. The summed E-state index contributed by atoms with van der Waals surface area (Å²) in [6, 6.07) is 13.3. The maximum Gasteiger partial charge on any atom is 0.248 e. The lowest BCUT2D eigenvalue weighted by Gasteiger charge is -2.41. The number of carbonyl (C=O) groups excluding carboxylic acids is 3. The number of carbonyl (C=O) groups is 3. The fourth-order valence-electron chi connectivity index (χ4n) is 8.05. The quantitative estimate of drug-likeness (QED) is 0.172. The normalized spacial score (nSPS) is 26.5. The number of amides is 3. The molecule has 2 aromatic carbocycles. The molecule has 1 spiro atoms. The molecule has 13 heteroatoms. The molecule has 0 radical (unpaired) electrons. The Labute approximate surface area is 305 Å². The van der Waals surface area contributed by atoms with E-state index >= 15 is 4.79 Å². The van der Waals surface area contributed by atoms with Gasteiger partial charge in [-0.1, -0.05) is 65.7 Å². The van der Waals surface area contributed by atoms with Gasteiger partial charge in [0, 0.05) is 28.9 Å². The van der Waals surface area contributed by atoms with Crippen molar-refractivity contribution in [1.82, 2.24) is 24.8 Å². The number of anilines is 1. The van der Waals surface area contributed by atoms with Crippen LogP contribution in [0, 0.1) is 17.8 Å². The van der Waals surface area contributed by atoms with E-state index in [1.54, 1.807) is 43.3 Å². The molecule has 8 atom stereocenters. The number of likely N-dealkylation sites (tertiary alicyclic amines) is 1. The van der Waals surface area contributed by atoms with Gasteiger partial charge in [-0.05, 0) is 55.7 Å². The van der Waals surface area contributed by atoms with Gasteiger partial charge in [-0.2, -0.15) is 0 Å². The van der Waals surface area contributed by atoms with Crippen LogP contribution in [0.15, 0.2) is 73.8 Å². The van der Waals surface area contributed by atoms with Gasteiger partial charge in [-0.25, -0.2) is 4.68 Å². The second-order valence-electron chi connectivity index (χ2n) is 13.3. The van der Waals surface area contributed by atoms with E-state index in [2.05, 4.69) is 39.4 Å². The van der Waals surface area contributed by atoms with Crippen molar-refractivity contribution in [2.75, 3.05) is 31.2 Å². The van der Waals surface area contributed by atoms with Gasteiger partial charge in [0.1, 0.15) is 24.0 Å². The molecule has 3 fully saturated rings. The first-order valence-electron chi connectivity index (χ1n) is 17.2. The molecule has 4 heterocycles. The number of thioether (sulfide) groups is 1. The predicted octanol–water partition coefficient (Wildman–Crippen LogP) is 4.89. The Kier molecular flexibility index (Phi) is 10.8. The van der Waals surface area contributed by atoms with Crippen molar-refractivity contribution in [1.29, 1.82) is 0 Å². The fraction of sp³-hybridized carbons (Fsp3) is 0.486. The number of nitrogens with zero attached hydrogens (tertiary/aromatic N) is 6. The van der Waals surface area contributed by atoms with Crippen LogP contribution in [0.5, 0.6) is 5.75 Å². The molecule has 3 aromatic rings. The van der Waals surface area contributed by atoms with Crippen LogP contribution in [-0.4, -0.2) is 101 Å². The second kappa shape index (κ2) is 14.9. The molecule has 3 aliphatic heterocycles. The number of para-hydroxylation sites is 1. The third kappa shape index (κ3) is 6.04. The fourth-order valence-corrected chi connectivity index (χ4v) is 11.6. The second-order valence-corrected chi connectivity index (χ2v) is 16.0. The maximum absolute atomic E-state index is 15.1. The lowest BCUT2D eigenvalue weighted by molar-refractivity contribution is -0.147. The van der Waals surface area contributed by atoms with Crippen LogP contribution in [0.2, 0.25) is 0 Å². The van der Waals surface area contributed by atoms with Gasteiger partial charge in [0.25, 0.3) is 0 Å². The zero-order valence-electron chi connectivity index (χ0n) is 28.7. The number of hydrogen-bond donors (Lipinski definition) is 1. The highest BCUT2D eigenvalue weighted by Gasteiger charge is 2.76. The molecule has 2 bridgehead atoms. The Bertz CT molecular complexity index is 1750. The molecular weight excluding hydrogens is 720 g/mol. The van der Waals surface area contributed by atoms with E-state index in [1.165, 1.54) is 0 Å². The Morgan fingerprint density at radius 3 is 2.52 bits per heavy atom. The standard InChI is InChI=1S/C37H45BrN6O5S/c1-6-18-41(22-43-28-13-11-10-12-27(28)39-40-43)36(48)33-37-20-26(38)32(50-37)30(31(37)35(47)44(33)29(21-45)23(5)8-3)34(46)42(19-7-2)24-14-16-25(17-15-24)49-9-4/h6-7,10-17,23,26,29-33,45H,1-2,8-9,18-22H2,3-5H3/t23-,26?,29-,30-,31-,32-,33?,37?/m0/s1. The molecule has 11 nitrogen and oxygen atoms in total. The number of alkyl halides is 1. The zero-order chi connectivity index (χ0) is 35.7. The summed E-state index contributed by atoms with van der Waals surface area (Å²) in [7, 11) is 0. The van der Waals surface area contributed by atoms with Crippen molar-refractivity contribution in [3.05, 3.63) is 73.8 Å². The van der Waals surface area contributed by atoms with Crippen LogP contribution in [0.1, 0.15) is 33.6 Å². The number of ether oxygens (including phenoxy) is 1. The smallest absolute Gasteiger partial charge is 0.248 e. The van der Waals surface area contributed by atoms with Gasteiger partial charge >= 0.3 is 0 Å². The zero-order valence-corrected chi connectivity index (χ0v) is 31.1. The summed E-state index contributed by atoms with van der Waals surface area (Å²) in [4.78, 5) is 49.8. The highest BCUT2D eigenvalue weighted by molar-refractivity contribution is 9.09. The number of aromatic nitrogens is 3. The molecule has 3 unspecified atom stereocenters. The minimum atomic E-state index is -0.924. The first-order chi connectivity index (χ1) is 24.1. The minimum absolute atomic E-state index is 0.0941. The molecule has 266 valence electrons. The van der Waals surface area contributed by atoms with Crippen molar-refractivity contribution in [3.8, 4) is 5.75 Å². The Morgan fingerprint density at radius 2 is 1.86 bits per heavy atom. The Morgan fingerprint density at radius 1 is 1.14 bits per heavy atom. The van der Waals surface area contributed by atoms with Crippen LogP contribution < -0.4 is 9.64 Å². The number of fused-ring (bicyclic) bond motifs is 2. The molecule has 1 aromatic heterocycles. The molecule has 3 amide bonds. The van der Waals surface area contributed by atoms with Gasteiger partial charge < -0.3 is 24.5 Å². The Balaban J connectivity index is 1.42. The molecule has 3 aliphatic rings. The summed E-state index contributed by atoms with van der Waals surface area (Å²) in [5, 5.41) is 19.2. The molecule has 50 heavy (non-hydrogen) atoms. The Hall–Kier alpha value is -3.68. The van der Waals surface area contributed by atoms with Gasteiger partial charge in [-0.15, -0.1) is 30.0 Å². The van der Waals surface area contributed by atoms with E-state index in [9.17, 15) is 14.7 Å². The molecule has 0 aliphatic carbocycles. The number of halogens is 1. The summed E-state index contributed by atoms with van der Waals surface area (Å²) in [5.41, 5.74) is 2.15. The average Bonchev–Trinajstić information content (AvgIpc) is 3.84. The van der Waals surface area contributed by atoms with Crippen LogP contribution in [0.25, 0.3) is 11.0 Å². The first kappa shape index (κ1) is 36.1. The predicted molar refractivity (Wildman–Crippen MR) is 199 cm³/mol. The third-order valence-electron chi connectivity index (χ3n) is 10.5. The van der Waals surface area contributed by atoms with Gasteiger partial charge in [-0.3, -0.25) is 14.4 Å². The van der Waals surface area contributed by atoms with Crippen molar-refractivity contribution >= 4 is 62.1 Å². The monoisotopic (exact) mass is 764 g/mol. The minimum Gasteiger partial charge on any atom is -0.494 e. The summed E-state index contributed by atoms with van der Waals surface area (Å²) >= 11 is 5.47. The lowest BCUT2D eigenvalue weighted by Crippen LogP contribution is -2.59. The van der Waals surface area contributed by atoms with Crippen molar-refractivity contribution in [2.24, 2.45) is 17.8 Å². The average molecular weight is 766 g/mol. The molecule has 6 rings (SSSR count). The number of benzene rings is 2. The highest BCUT2D eigenvalue weighted by Crippen LogP contribution is 2.68. The van der Waals surface area contributed by atoms with E-state index in [4.69, 9.17) is 4.74 Å². The summed E-state index contributed by atoms with van der Waals surface area (Å²) in [6.07, 6.45) is 4.55. The third-order valence-corrected chi connectivity index (χ3v) is 13.7. The lowest BCUT2D eigenvalue weighted by atomic mass is 9.70. The maximum atomic E-state index is 15.1. The summed E-state index contributed by atoms with van der Waals surface area (Å²) < 4.78 is 6.40. The molecular formula is C37H45BrN6O5S. The largest absolute Gasteiger partial charge is 0.494 e. The van der Waals surface area contributed by atoms with Crippen LogP contribution in [0.3, 0.4) is 0 Å². The van der Waals surface area contributed by atoms with Gasteiger partial charge in [0.05, 0.1) is 41.4 Å². The van der Waals surface area contributed by atoms with Gasteiger partial charge in [0.15, 0.2) is 0 Å². The van der Waals surface area contributed by atoms with Crippen molar-refractivity contribution in [2.45, 2.75) is 67.2 Å². The van der Waals surface area contributed by atoms with Crippen molar-refractivity contribution < 1.29 is 24.2 Å². The summed E-state index contributed by atoms with van der Waals surface area (Å²) in [5.74, 6) is -1.59. The van der Waals surface area contributed by atoms with E-state index in [0.29, 0.717) is 36.4 Å². The first-order valence-corrected chi connectivity index (χ1v) is 19.0. The number of rotatable bonds is 15. The van der Waals surface area contributed by atoms with E-state index in [1.807, 2.05) is 69.3 Å². The van der Waals surface area contributed by atoms with Crippen LogP contribution in [0.4, 0.5) is 5.69 Å². The molecule has 1 N–H and O–H groups in total. The number of aliphatic hydroxyl groups excluding tert-OH is 1.